The third-order valence-electron chi connectivity index (χ3n) is 4.69. The zero-order valence-corrected chi connectivity index (χ0v) is 15.5. The van der Waals surface area contributed by atoms with E-state index in [1.807, 2.05) is 29.2 Å². The van der Waals surface area contributed by atoms with Gasteiger partial charge in [0.2, 0.25) is 11.8 Å². The van der Waals surface area contributed by atoms with Crippen LogP contribution in [0.2, 0.25) is 0 Å². The van der Waals surface area contributed by atoms with E-state index in [-0.39, 0.29) is 17.7 Å². The van der Waals surface area contributed by atoms with E-state index in [2.05, 4.69) is 13.2 Å². The van der Waals surface area contributed by atoms with Gasteiger partial charge in [0.15, 0.2) is 0 Å². The number of ether oxygens (including phenoxy) is 1. The van der Waals surface area contributed by atoms with Crippen LogP contribution in [0, 0.1) is 5.92 Å². The molecule has 0 unspecified atom stereocenters. The predicted molar refractivity (Wildman–Crippen MR) is 103 cm³/mol. The zero-order valence-electron chi connectivity index (χ0n) is 15.5. The van der Waals surface area contributed by atoms with Crippen molar-refractivity contribution < 1.29 is 14.3 Å². The summed E-state index contributed by atoms with van der Waals surface area (Å²) in [5.74, 6) is 0.870. The van der Waals surface area contributed by atoms with Gasteiger partial charge in [-0.25, -0.2) is 0 Å². The molecular formula is C21H28N2O3. The fraction of sp³-hybridized carbons (Fsp3) is 0.429. The topological polar surface area (TPSA) is 49.9 Å². The van der Waals surface area contributed by atoms with Crippen molar-refractivity contribution in [1.29, 1.82) is 0 Å². The van der Waals surface area contributed by atoms with Crippen LogP contribution in [0.5, 0.6) is 5.75 Å². The number of piperidine rings is 1. The number of methoxy groups -OCH3 is 1. The fourth-order valence-corrected chi connectivity index (χ4v) is 3.21. The van der Waals surface area contributed by atoms with Crippen LogP contribution in [0.3, 0.4) is 0 Å². The van der Waals surface area contributed by atoms with Gasteiger partial charge in [-0.05, 0) is 30.5 Å². The molecule has 2 rings (SSSR count). The Bertz CT molecular complexity index is 629. The van der Waals surface area contributed by atoms with E-state index in [1.165, 1.54) is 0 Å². The molecule has 1 saturated heterocycles. The SMILES string of the molecule is C=CCN(CC=C)C(=O)[C@@H]1CCC(=O)N(CCc2ccc(OC)cc2)C1. The highest BCUT2D eigenvalue weighted by atomic mass is 16.5. The normalized spacial score (nSPS) is 16.9. The number of nitrogens with zero attached hydrogens (tertiary/aromatic N) is 2. The van der Waals surface area contributed by atoms with E-state index < -0.39 is 0 Å². The van der Waals surface area contributed by atoms with E-state index in [9.17, 15) is 9.59 Å². The minimum Gasteiger partial charge on any atom is -0.497 e. The first kappa shape index (κ1) is 19.8. The average Bonchev–Trinajstić information content (AvgIpc) is 2.67. The van der Waals surface area contributed by atoms with Crippen LogP contribution < -0.4 is 4.74 Å². The van der Waals surface area contributed by atoms with Crippen LogP contribution in [0.15, 0.2) is 49.6 Å². The first-order valence-electron chi connectivity index (χ1n) is 9.00. The lowest BCUT2D eigenvalue weighted by atomic mass is 9.95. The second-order valence-electron chi connectivity index (χ2n) is 6.49. The Hall–Kier alpha value is -2.56. The van der Waals surface area contributed by atoms with Crippen molar-refractivity contribution in [3.05, 3.63) is 55.1 Å². The molecule has 0 N–H and O–H groups in total. The van der Waals surface area contributed by atoms with Gasteiger partial charge in [-0.2, -0.15) is 0 Å². The number of carbonyl (C=O) groups is 2. The van der Waals surface area contributed by atoms with Gasteiger partial charge in [0, 0.05) is 32.6 Å². The highest BCUT2D eigenvalue weighted by Gasteiger charge is 2.32. The summed E-state index contributed by atoms with van der Waals surface area (Å²) < 4.78 is 5.16. The van der Waals surface area contributed by atoms with Crippen molar-refractivity contribution >= 4 is 11.8 Å². The highest BCUT2D eigenvalue weighted by Crippen LogP contribution is 2.21. The third kappa shape index (κ3) is 5.22. The van der Waals surface area contributed by atoms with Gasteiger partial charge >= 0.3 is 0 Å². The Morgan fingerprint density at radius 2 is 1.92 bits per heavy atom. The maximum Gasteiger partial charge on any atom is 0.228 e. The summed E-state index contributed by atoms with van der Waals surface area (Å²) in [6.45, 7) is 9.53. The first-order chi connectivity index (χ1) is 12.6. The maximum atomic E-state index is 12.8. The van der Waals surface area contributed by atoms with Crippen LogP contribution in [-0.2, 0) is 16.0 Å². The molecule has 0 spiro atoms. The van der Waals surface area contributed by atoms with Gasteiger partial charge in [0.1, 0.15) is 5.75 Å². The van der Waals surface area contributed by atoms with Crippen LogP contribution in [0.1, 0.15) is 18.4 Å². The van der Waals surface area contributed by atoms with Gasteiger partial charge in [0.05, 0.1) is 13.0 Å². The van der Waals surface area contributed by atoms with E-state index in [0.29, 0.717) is 39.0 Å². The Kier molecular flexibility index (Phi) is 7.45. The monoisotopic (exact) mass is 356 g/mol. The average molecular weight is 356 g/mol. The minimum atomic E-state index is -0.150. The van der Waals surface area contributed by atoms with Crippen LogP contribution in [0.4, 0.5) is 0 Å². The summed E-state index contributed by atoms with van der Waals surface area (Å²) >= 11 is 0. The van der Waals surface area contributed by atoms with Gasteiger partial charge in [0.25, 0.3) is 0 Å². The van der Waals surface area contributed by atoms with E-state index in [0.717, 1.165) is 17.7 Å². The zero-order chi connectivity index (χ0) is 18.9. The molecule has 1 fully saturated rings. The molecule has 2 amide bonds. The molecule has 1 atom stereocenters. The quantitative estimate of drug-likeness (QED) is 0.639. The Morgan fingerprint density at radius 3 is 2.50 bits per heavy atom. The summed E-state index contributed by atoms with van der Waals surface area (Å²) in [5.41, 5.74) is 1.15. The Labute approximate surface area is 155 Å². The van der Waals surface area contributed by atoms with Crippen molar-refractivity contribution in [1.82, 2.24) is 9.80 Å². The van der Waals surface area contributed by atoms with Crippen molar-refractivity contribution in [2.45, 2.75) is 19.3 Å². The molecule has 0 aliphatic carbocycles. The number of benzene rings is 1. The molecule has 1 aromatic rings. The fourth-order valence-electron chi connectivity index (χ4n) is 3.21. The summed E-state index contributed by atoms with van der Waals surface area (Å²) in [7, 11) is 1.64. The molecule has 0 saturated carbocycles. The molecule has 1 aromatic carbocycles. The van der Waals surface area contributed by atoms with Gasteiger partial charge < -0.3 is 14.5 Å². The molecule has 1 aliphatic heterocycles. The summed E-state index contributed by atoms with van der Waals surface area (Å²) in [6, 6.07) is 7.85. The molecule has 5 heteroatoms. The highest BCUT2D eigenvalue weighted by molar-refractivity contribution is 5.84. The van der Waals surface area contributed by atoms with Crippen molar-refractivity contribution in [3.8, 4) is 5.75 Å². The molecule has 1 heterocycles. The summed E-state index contributed by atoms with van der Waals surface area (Å²) in [4.78, 5) is 28.6. The lowest BCUT2D eigenvalue weighted by molar-refractivity contribution is -0.142. The standard InChI is InChI=1S/C21H28N2O3/c1-4-13-22(14-5-2)21(25)18-8-11-20(24)23(16-18)15-12-17-6-9-19(26-3)10-7-17/h4-7,9-10,18H,1-2,8,11-16H2,3H3/t18-/m1/s1. The molecule has 0 aromatic heterocycles. The van der Waals surface area contributed by atoms with Crippen molar-refractivity contribution in [2.24, 2.45) is 5.92 Å². The number of amides is 2. The number of hydrogen-bond acceptors (Lipinski definition) is 3. The molecule has 1 aliphatic rings. The van der Waals surface area contributed by atoms with Gasteiger partial charge in [-0.3, -0.25) is 9.59 Å². The van der Waals surface area contributed by atoms with E-state index >= 15 is 0 Å². The molecule has 5 nitrogen and oxygen atoms in total. The lowest BCUT2D eigenvalue weighted by Gasteiger charge is -2.34. The number of carbonyl (C=O) groups excluding carboxylic acids is 2. The molecule has 0 bridgehead atoms. The lowest BCUT2D eigenvalue weighted by Crippen LogP contribution is -2.47. The second-order valence-corrected chi connectivity index (χ2v) is 6.49. The summed E-state index contributed by atoms with van der Waals surface area (Å²) in [5, 5.41) is 0. The first-order valence-corrected chi connectivity index (χ1v) is 9.00. The maximum absolute atomic E-state index is 12.8. The Balaban J connectivity index is 1.95. The smallest absolute Gasteiger partial charge is 0.228 e. The minimum absolute atomic E-state index is 0.0757. The van der Waals surface area contributed by atoms with Gasteiger partial charge in [-0.1, -0.05) is 24.3 Å². The van der Waals surface area contributed by atoms with Crippen LogP contribution in [-0.4, -0.2) is 54.9 Å². The molecule has 0 radical (unpaired) electrons. The van der Waals surface area contributed by atoms with Crippen molar-refractivity contribution in [2.75, 3.05) is 33.3 Å². The number of rotatable bonds is 9. The number of hydrogen-bond donors (Lipinski definition) is 0. The summed E-state index contributed by atoms with van der Waals surface area (Å²) in [6.07, 6.45) is 5.24. The van der Waals surface area contributed by atoms with Crippen LogP contribution in [0.25, 0.3) is 0 Å². The predicted octanol–water partition coefficient (Wildman–Crippen LogP) is 2.68. The largest absolute Gasteiger partial charge is 0.497 e. The molecular weight excluding hydrogens is 328 g/mol. The number of likely N-dealkylation sites (tertiary alicyclic amines) is 1. The van der Waals surface area contributed by atoms with E-state index in [1.54, 1.807) is 24.2 Å². The van der Waals surface area contributed by atoms with E-state index in [4.69, 9.17) is 4.74 Å². The Morgan fingerprint density at radius 1 is 1.27 bits per heavy atom. The molecule has 26 heavy (non-hydrogen) atoms. The molecule has 140 valence electrons. The van der Waals surface area contributed by atoms with Crippen molar-refractivity contribution in [3.63, 3.8) is 0 Å². The second kappa shape index (κ2) is 9.80. The third-order valence-corrected chi connectivity index (χ3v) is 4.69. The van der Waals surface area contributed by atoms with Crippen LogP contribution >= 0.6 is 0 Å². The van der Waals surface area contributed by atoms with Gasteiger partial charge in [-0.15, -0.1) is 13.2 Å².